The SMILES string of the molecule is CN(C)/C=C(\C=C/C=O)c1nnc(N2CCC(Cc3cccc(F)c3)CC2)o1. The molecule has 6 nitrogen and oxygen atoms in total. The summed E-state index contributed by atoms with van der Waals surface area (Å²) >= 11 is 0. The fourth-order valence-corrected chi connectivity index (χ4v) is 3.38. The lowest BCUT2D eigenvalue weighted by Crippen LogP contribution is -2.34. The predicted octanol–water partition coefficient (Wildman–Crippen LogP) is 3.33. The van der Waals surface area contributed by atoms with Crippen LogP contribution in [0.25, 0.3) is 5.57 Å². The number of hydrogen-bond acceptors (Lipinski definition) is 6. The Kier molecular flexibility index (Phi) is 6.57. The van der Waals surface area contributed by atoms with Crippen molar-refractivity contribution in [2.75, 3.05) is 32.1 Å². The quantitative estimate of drug-likeness (QED) is 0.415. The molecular formula is C21H25FN4O2. The van der Waals surface area contributed by atoms with Crippen LogP contribution < -0.4 is 4.90 Å². The van der Waals surface area contributed by atoms with Gasteiger partial charge in [-0.15, -0.1) is 5.10 Å². The number of halogens is 1. The van der Waals surface area contributed by atoms with Gasteiger partial charge in [-0.3, -0.25) is 4.79 Å². The Morgan fingerprint density at radius 3 is 2.79 bits per heavy atom. The normalized spacial score (nSPS) is 16.0. The largest absolute Gasteiger partial charge is 0.403 e. The second kappa shape index (κ2) is 9.30. The van der Waals surface area contributed by atoms with Crippen molar-refractivity contribution >= 4 is 17.9 Å². The molecule has 0 saturated carbocycles. The van der Waals surface area contributed by atoms with Gasteiger partial charge >= 0.3 is 6.01 Å². The standard InChI is InChI=1S/C21H25FN4O2/c1-25(2)15-18(6-4-12-27)20-23-24-21(28-20)26-10-8-16(9-11-26)13-17-5-3-7-19(22)14-17/h3-7,12,14-16H,8-11,13H2,1-2H3/b6-4-,18-15+. The summed E-state index contributed by atoms with van der Waals surface area (Å²) in [7, 11) is 3.77. The van der Waals surface area contributed by atoms with Crippen LogP contribution in [-0.2, 0) is 11.2 Å². The average Bonchev–Trinajstić information content (AvgIpc) is 3.15. The fourth-order valence-electron chi connectivity index (χ4n) is 3.38. The topological polar surface area (TPSA) is 62.5 Å². The van der Waals surface area contributed by atoms with Gasteiger partial charge in [0.25, 0.3) is 5.89 Å². The van der Waals surface area contributed by atoms with E-state index in [0.29, 0.717) is 29.7 Å². The first-order valence-corrected chi connectivity index (χ1v) is 9.38. The third-order valence-corrected chi connectivity index (χ3v) is 4.71. The Bertz CT molecular complexity index is 852. The molecule has 2 heterocycles. The first-order valence-electron chi connectivity index (χ1n) is 9.38. The van der Waals surface area contributed by atoms with Gasteiger partial charge in [0.05, 0.1) is 5.57 Å². The highest BCUT2D eigenvalue weighted by atomic mass is 19.1. The number of anilines is 1. The molecule has 28 heavy (non-hydrogen) atoms. The predicted molar refractivity (Wildman–Crippen MR) is 106 cm³/mol. The summed E-state index contributed by atoms with van der Waals surface area (Å²) in [5.74, 6) is 0.711. The summed E-state index contributed by atoms with van der Waals surface area (Å²) in [5.41, 5.74) is 1.72. The van der Waals surface area contributed by atoms with Crippen molar-refractivity contribution in [3.63, 3.8) is 0 Å². The number of carbonyl (C=O) groups is 1. The third-order valence-electron chi connectivity index (χ3n) is 4.71. The molecule has 148 valence electrons. The number of aldehydes is 1. The van der Waals surface area contributed by atoms with Crippen LogP contribution in [0.15, 0.2) is 47.0 Å². The molecule has 0 aliphatic carbocycles. The molecule has 1 aliphatic rings. The zero-order chi connectivity index (χ0) is 19.9. The second-order valence-corrected chi connectivity index (χ2v) is 7.20. The highest BCUT2D eigenvalue weighted by Gasteiger charge is 2.23. The lowest BCUT2D eigenvalue weighted by atomic mass is 9.90. The van der Waals surface area contributed by atoms with Gasteiger partial charge in [0.1, 0.15) is 12.1 Å². The smallest absolute Gasteiger partial charge is 0.318 e. The summed E-state index contributed by atoms with van der Waals surface area (Å²) in [6.07, 6.45) is 8.44. The van der Waals surface area contributed by atoms with Crippen molar-refractivity contribution in [2.24, 2.45) is 5.92 Å². The molecule has 7 heteroatoms. The van der Waals surface area contributed by atoms with E-state index in [4.69, 9.17) is 4.42 Å². The molecule has 2 aromatic rings. The Labute approximate surface area is 164 Å². The molecule has 1 aliphatic heterocycles. The molecule has 1 saturated heterocycles. The van der Waals surface area contributed by atoms with Gasteiger partial charge in [-0.05, 0) is 55.0 Å². The number of aromatic nitrogens is 2. The summed E-state index contributed by atoms with van der Waals surface area (Å²) in [5, 5.41) is 8.31. The number of hydrogen-bond donors (Lipinski definition) is 0. The number of benzene rings is 1. The number of nitrogens with zero attached hydrogens (tertiary/aromatic N) is 4. The summed E-state index contributed by atoms with van der Waals surface area (Å²) in [6, 6.07) is 7.32. The summed E-state index contributed by atoms with van der Waals surface area (Å²) < 4.78 is 19.2. The molecule has 0 spiro atoms. The van der Waals surface area contributed by atoms with Gasteiger partial charge in [-0.2, -0.15) is 0 Å². The lowest BCUT2D eigenvalue weighted by molar-refractivity contribution is -0.104. The highest BCUT2D eigenvalue weighted by Crippen LogP contribution is 2.26. The maximum atomic E-state index is 13.4. The van der Waals surface area contributed by atoms with Crippen molar-refractivity contribution in [3.05, 3.63) is 59.9 Å². The molecule has 0 N–H and O–H groups in total. The van der Waals surface area contributed by atoms with Crippen LogP contribution in [-0.4, -0.2) is 48.6 Å². The maximum Gasteiger partial charge on any atom is 0.318 e. The monoisotopic (exact) mass is 384 g/mol. The van der Waals surface area contributed by atoms with E-state index in [2.05, 4.69) is 15.1 Å². The van der Waals surface area contributed by atoms with Gasteiger partial charge in [0.2, 0.25) is 0 Å². The first-order chi connectivity index (χ1) is 13.5. The number of carbonyl (C=O) groups excluding carboxylic acids is 1. The molecule has 0 amide bonds. The van der Waals surface area contributed by atoms with Crippen molar-refractivity contribution < 1.29 is 13.6 Å². The molecule has 1 aromatic carbocycles. The van der Waals surface area contributed by atoms with E-state index >= 15 is 0 Å². The van der Waals surface area contributed by atoms with E-state index in [0.717, 1.165) is 37.9 Å². The summed E-state index contributed by atoms with van der Waals surface area (Å²) in [4.78, 5) is 14.6. The van der Waals surface area contributed by atoms with Crippen LogP contribution in [0.4, 0.5) is 10.4 Å². The number of allylic oxidation sites excluding steroid dienone is 3. The Balaban J connectivity index is 1.62. The highest BCUT2D eigenvalue weighted by molar-refractivity contribution is 5.76. The minimum absolute atomic E-state index is 0.182. The van der Waals surface area contributed by atoms with E-state index in [9.17, 15) is 9.18 Å². The van der Waals surface area contributed by atoms with Gasteiger partial charge < -0.3 is 14.2 Å². The van der Waals surface area contributed by atoms with Gasteiger partial charge in [-0.25, -0.2) is 4.39 Å². The van der Waals surface area contributed by atoms with E-state index in [1.54, 1.807) is 18.2 Å². The molecule has 0 atom stereocenters. The molecule has 0 bridgehead atoms. The minimum atomic E-state index is -0.182. The van der Waals surface area contributed by atoms with Crippen LogP contribution in [0.5, 0.6) is 0 Å². The van der Waals surface area contributed by atoms with Crippen LogP contribution in [0.3, 0.4) is 0 Å². The fraction of sp³-hybridized carbons (Fsp3) is 0.381. The van der Waals surface area contributed by atoms with Gasteiger partial charge in [0, 0.05) is 33.4 Å². The lowest BCUT2D eigenvalue weighted by Gasteiger charge is -2.30. The molecule has 0 unspecified atom stereocenters. The zero-order valence-electron chi connectivity index (χ0n) is 16.2. The molecule has 0 radical (unpaired) electrons. The molecule has 3 rings (SSSR count). The van der Waals surface area contributed by atoms with Crippen LogP contribution in [0.1, 0.15) is 24.3 Å². The zero-order valence-corrected chi connectivity index (χ0v) is 16.2. The van der Waals surface area contributed by atoms with Gasteiger partial charge in [0.15, 0.2) is 0 Å². The van der Waals surface area contributed by atoms with Crippen molar-refractivity contribution in [3.8, 4) is 0 Å². The van der Waals surface area contributed by atoms with E-state index < -0.39 is 0 Å². The Morgan fingerprint density at radius 2 is 2.11 bits per heavy atom. The average molecular weight is 384 g/mol. The van der Waals surface area contributed by atoms with E-state index in [1.807, 2.05) is 31.3 Å². The third kappa shape index (κ3) is 5.28. The molecule has 1 aromatic heterocycles. The van der Waals surface area contributed by atoms with Crippen molar-refractivity contribution in [2.45, 2.75) is 19.3 Å². The second-order valence-electron chi connectivity index (χ2n) is 7.20. The van der Waals surface area contributed by atoms with E-state index in [1.165, 1.54) is 12.1 Å². The molecular weight excluding hydrogens is 359 g/mol. The molecule has 1 fully saturated rings. The number of piperidine rings is 1. The van der Waals surface area contributed by atoms with Crippen LogP contribution >= 0.6 is 0 Å². The number of rotatable bonds is 7. The Morgan fingerprint density at radius 1 is 1.32 bits per heavy atom. The van der Waals surface area contributed by atoms with Crippen molar-refractivity contribution in [1.82, 2.24) is 15.1 Å². The first kappa shape index (κ1) is 19.8. The minimum Gasteiger partial charge on any atom is -0.403 e. The van der Waals surface area contributed by atoms with Crippen molar-refractivity contribution in [1.29, 1.82) is 0 Å². The van der Waals surface area contributed by atoms with Crippen LogP contribution in [0, 0.1) is 11.7 Å². The maximum absolute atomic E-state index is 13.4. The Hall–Kier alpha value is -2.96. The van der Waals surface area contributed by atoms with Gasteiger partial charge in [-0.1, -0.05) is 17.2 Å². The van der Waals surface area contributed by atoms with Crippen LogP contribution in [0.2, 0.25) is 0 Å². The summed E-state index contributed by atoms with van der Waals surface area (Å²) in [6.45, 7) is 1.64. The van der Waals surface area contributed by atoms with E-state index in [-0.39, 0.29) is 5.82 Å².